The third kappa shape index (κ3) is 3.02. The molecule has 4 heterocycles. The van der Waals surface area contributed by atoms with E-state index in [0.717, 1.165) is 34.7 Å². The summed E-state index contributed by atoms with van der Waals surface area (Å²) >= 11 is 1.48. The molecule has 0 N–H and O–H groups in total. The molecule has 2 saturated heterocycles. The quantitative estimate of drug-likeness (QED) is 0.663. The van der Waals surface area contributed by atoms with E-state index < -0.39 is 0 Å². The molecule has 0 spiro atoms. The van der Waals surface area contributed by atoms with Crippen LogP contribution >= 0.6 is 11.3 Å². The van der Waals surface area contributed by atoms with Crippen LogP contribution in [0.3, 0.4) is 0 Å². The number of thiazole rings is 1. The Hall–Kier alpha value is -1.98. The molecule has 128 valence electrons. The topological polar surface area (TPSA) is 38.2 Å². The van der Waals surface area contributed by atoms with Gasteiger partial charge < -0.3 is 4.74 Å². The van der Waals surface area contributed by atoms with E-state index in [0.29, 0.717) is 5.19 Å². The van der Waals surface area contributed by atoms with E-state index in [1.54, 1.807) is 6.20 Å². The Morgan fingerprint density at radius 2 is 1.84 bits per heavy atom. The molecule has 2 fully saturated rings. The summed E-state index contributed by atoms with van der Waals surface area (Å²) in [7, 11) is 0. The Morgan fingerprint density at radius 1 is 1.04 bits per heavy atom. The van der Waals surface area contributed by atoms with E-state index in [1.807, 2.05) is 12.1 Å². The van der Waals surface area contributed by atoms with E-state index in [-0.39, 0.29) is 0 Å². The average molecular weight is 351 g/mol. The molecule has 5 rings (SSSR count). The van der Waals surface area contributed by atoms with E-state index in [9.17, 15) is 0 Å². The summed E-state index contributed by atoms with van der Waals surface area (Å²) in [4.78, 5) is 12.4. The van der Waals surface area contributed by atoms with Gasteiger partial charge in [0.15, 0.2) is 0 Å². The fourth-order valence-corrected chi connectivity index (χ4v) is 5.03. The summed E-state index contributed by atoms with van der Waals surface area (Å²) in [5.41, 5.74) is 2.26. The molecule has 25 heavy (non-hydrogen) atoms. The van der Waals surface area contributed by atoms with Crippen molar-refractivity contribution in [3.05, 3.63) is 48.2 Å². The van der Waals surface area contributed by atoms with Gasteiger partial charge in [0, 0.05) is 24.8 Å². The lowest BCUT2D eigenvalue weighted by Gasteiger charge is -2.34. The maximum absolute atomic E-state index is 5.92. The van der Waals surface area contributed by atoms with Gasteiger partial charge in [0.05, 0.1) is 0 Å². The highest BCUT2D eigenvalue weighted by Crippen LogP contribution is 2.37. The van der Waals surface area contributed by atoms with Gasteiger partial charge in [-0.2, -0.15) is 0 Å². The van der Waals surface area contributed by atoms with E-state index in [4.69, 9.17) is 4.74 Å². The summed E-state index contributed by atoms with van der Waals surface area (Å²) in [6.45, 7) is 1.07. The number of piperidine rings is 1. The largest absolute Gasteiger partial charge is 0.431 e. The molecule has 1 unspecified atom stereocenters. The van der Waals surface area contributed by atoms with Crippen LogP contribution in [0.15, 0.2) is 42.6 Å². The minimum atomic E-state index is 0.649. The number of fused-ring (bicyclic) bond motifs is 3. The molecule has 2 aliphatic heterocycles. The van der Waals surface area contributed by atoms with E-state index in [1.165, 1.54) is 49.0 Å². The number of benzene rings is 1. The average Bonchev–Trinajstić information content (AvgIpc) is 3.12. The summed E-state index contributed by atoms with van der Waals surface area (Å²) in [6.07, 6.45) is 8.73. The first-order chi connectivity index (χ1) is 12.3. The molecule has 3 aromatic rings. The molecule has 2 aliphatic rings. The molecule has 4 nitrogen and oxygen atoms in total. The molecule has 1 aromatic carbocycles. The Bertz CT molecular complexity index is 827. The van der Waals surface area contributed by atoms with E-state index >= 15 is 0 Å². The molecule has 0 saturated carbocycles. The third-order valence-electron chi connectivity index (χ3n) is 5.49. The zero-order valence-electron chi connectivity index (χ0n) is 14.1. The molecule has 2 atom stereocenters. The van der Waals surface area contributed by atoms with Crippen molar-refractivity contribution in [3.63, 3.8) is 0 Å². The molecule has 0 amide bonds. The highest BCUT2D eigenvalue weighted by atomic mass is 32.1. The van der Waals surface area contributed by atoms with Gasteiger partial charge >= 0.3 is 0 Å². The van der Waals surface area contributed by atoms with Crippen LogP contribution in [0.5, 0.6) is 10.9 Å². The zero-order valence-corrected chi connectivity index (χ0v) is 14.9. The Balaban J connectivity index is 1.28. The minimum Gasteiger partial charge on any atom is -0.431 e. The lowest BCUT2D eigenvalue weighted by atomic mass is 10.0. The lowest BCUT2D eigenvalue weighted by molar-refractivity contribution is 0.132. The maximum atomic E-state index is 5.92. The van der Waals surface area contributed by atoms with Crippen molar-refractivity contribution in [2.45, 2.75) is 50.7 Å². The smallest absolute Gasteiger partial charge is 0.281 e. The number of aromatic nitrogens is 2. The van der Waals surface area contributed by atoms with Crippen molar-refractivity contribution in [2.75, 3.05) is 0 Å². The Labute approximate surface area is 151 Å². The van der Waals surface area contributed by atoms with Gasteiger partial charge in [0.25, 0.3) is 5.19 Å². The van der Waals surface area contributed by atoms with E-state index in [2.05, 4.69) is 39.1 Å². The van der Waals surface area contributed by atoms with Gasteiger partial charge in [-0.3, -0.25) is 4.90 Å². The predicted molar refractivity (Wildman–Crippen MR) is 100 cm³/mol. The van der Waals surface area contributed by atoms with Crippen LogP contribution in [0.25, 0.3) is 10.3 Å². The fraction of sp³-hybridized carbons (Fsp3) is 0.400. The van der Waals surface area contributed by atoms with Crippen LogP contribution in [-0.4, -0.2) is 27.0 Å². The first kappa shape index (κ1) is 15.3. The number of hydrogen-bond acceptors (Lipinski definition) is 5. The van der Waals surface area contributed by atoms with Crippen molar-refractivity contribution in [3.8, 4) is 10.9 Å². The van der Waals surface area contributed by atoms with Gasteiger partial charge in [0.2, 0.25) is 0 Å². The van der Waals surface area contributed by atoms with Crippen LogP contribution in [0.2, 0.25) is 0 Å². The Kier molecular flexibility index (Phi) is 3.91. The standard InChI is InChI=1S/C20H21N3OS/c1-3-15-8-9-16(4-1)23(15)13-14-6-10-17(11-7-14)24-20-22-18-5-2-12-21-19(18)25-20/h2,5-7,10-12,15-16H,1,3-4,8-9,13H2/t15-,16?/m1/s1. The van der Waals surface area contributed by atoms with Crippen LogP contribution in [-0.2, 0) is 6.54 Å². The van der Waals surface area contributed by atoms with Crippen molar-refractivity contribution < 1.29 is 4.74 Å². The molecule has 0 radical (unpaired) electrons. The lowest BCUT2D eigenvalue weighted by Crippen LogP contribution is -2.38. The maximum Gasteiger partial charge on any atom is 0.281 e. The predicted octanol–water partition coefficient (Wildman–Crippen LogP) is 5.00. The SMILES string of the molecule is c1cnc2sc(Oc3ccc(CN4C5CCC[C@@H]4CC5)cc3)nc2c1. The number of rotatable bonds is 4. The molecular formula is C20H21N3OS. The molecule has 2 aromatic heterocycles. The summed E-state index contributed by atoms with van der Waals surface area (Å²) in [5, 5.41) is 0.649. The summed E-state index contributed by atoms with van der Waals surface area (Å²) < 4.78 is 5.92. The third-order valence-corrected chi connectivity index (χ3v) is 6.34. The van der Waals surface area contributed by atoms with Crippen molar-refractivity contribution in [1.82, 2.24) is 14.9 Å². The molecule has 5 heteroatoms. The first-order valence-electron chi connectivity index (χ1n) is 9.09. The van der Waals surface area contributed by atoms with Crippen molar-refractivity contribution >= 4 is 21.7 Å². The number of hydrogen-bond donors (Lipinski definition) is 0. The molecular weight excluding hydrogens is 330 g/mol. The zero-order chi connectivity index (χ0) is 16.6. The summed E-state index contributed by atoms with van der Waals surface area (Å²) in [6, 6.07) is 14.0. The first-order valence-corrected chi connectivity index (χ1v) is 9.91. The second-order valence-electron chi connectivity index (χ2n) is 7.04. The van der Waals surface area contributed by atoms with Gasteiger partial charge in [-0.05, 0) is 55.5 Å². The number of ether oxygens (including phenoxy) is 1. The normalized spacial score (nSPS) is 23.2. The molecule has 2 bridgehead atoms. The van der Waals surface area contributed by atoms with Gasteiger partial charge in [-0.15, -0.1) is 0 Å². The van der Waals surface area contributed by atoms with Crippen LogP contribution < -0.4 is 4.74 Å². The van der Waals surface area contributed by atoms with Gasteiger partial charge in [0.1, 0.15) is 16.1 Å². The Morgan fingerprint density at radius 3 is 2.60 bits per heavy atom. The highest BCUT2D eigenvalue weighted by Gasteiger charge is 2.35. The van der Waals surface area contributed by atoms with Gasteiger partial charge in [-0.1, -0.05) is 29.9 Å². The number of nitrogens with zero attached hydrogens (tertiary/aromatic N) is 3. The van der Waals surface area contributed by atoms with Crippen molar-refractivity contribution in [2.24, 2.45) is 0 Å². The van der Waals surface area contributed by atoms with Gasteiger partial charge in [-0.25, -0.2) is 9.97 Å². The highest BCUT2D eigenvalue weighted by molar-refractivity contribution is 7.19. The summed E-state index contributed by atoms with van der Waals surface area (Å²) in [5.74, 6) is 0.837. The van der Waals surface area contributed by atoms with Crippen molar-refractivity contribution in [1.29, 1.82) is 0 Å². The van der Waals surface area contributed by atoms with Crippen LogP contribution in [0.4, 0.5) is 0 Å². The molecule has 0 aliphatic carbocycles. The van der Waals surface area contributed by atoms with Crippen LogP contribution in [0.1, 0.15) is 37.7 Å². The fourth-order valence-electron chi connectivity index (χ4n) is 4.25. The minimum absolute atomic E-state index is 0.649. The van der Waals surface area contributed by atoms with Crippen LogP contribution in [0, 0.1) is 0 Å². The second kappa shape index (κ2) is 6.39. The number of pyridine rings is 1. The monoisotopic (exact) mass is 351 g/mol. The second-order valence-corrected chi connectivity index (χ2v) is 7.98.